The molecule has 0 aromatic heterocycles. The molecule has 0 amide bonds. The predicted octanol–water partition coefficient (Wildman–Crippen LogP) is 5.33. The highest BCUT2D eigenvalue weighted by Gasteiger charge is 2.35. The van der Waals surface area contributed by atoms with Crippen LogP contribution >= 0.6 is 7.80 Å². The molecule has 1 unspecified atom stereocenters. The first-order valence-corrected chi connectivity index (χ1v) is 10.4. The van der Waals surface area contributed by atoms with Crippen LogP contribution in [-0.2, 0) is 11.0 Å². The predicted molar refractivity (Wildman–Crippen MR) is 113 cm³/mol. The van der Waals surface area contributed by atoms with E-state index in [1.54, 1.807) is 48.5 Å². The standard InChI is InChI=1S/C24H22O3P/c1-16-13-17(2)23(18(3)14-16)21(25)15-20-11-7-8-12-22(20)28(27)24(26)19-9-5-4-6-10-19/h4-14H,15H2,1-3H3/q+1. The summed E-state index contributed by atoms with van der Waals surface area (Å²) >= 11 is 0. The molecule has 0 heterocycles. The first-order valence-electron chi connectivity index (χ1n) is 9.14. The van der Waals surface area contributed by atoms with Crippen LogP contribution in [0.3, 0.4) is 0 Å². The SMILES string of the molecule is Cc1cc(C)c(C(=O)Cc2ccccc2[P+](=O)C(=O)c2ccccc2)c(C)c1. The summed E-state index contributed by atoms with van der Waals surface area (Å²) in [5.74, 6) is -0.0296. The Morgan fingerprint density at radius 1 is 0.821 bits per heavy atom. The molecule has 0 fully saturated rings. The van der Waals surface area contributed by atoms with E-state index in [-0.39, 0.29) is 12.2 Å². The average Bonchev–Trinajstić information content (AvgIpc) is 2.67. The van der Waals surface area contributed by atoms with Gasteiger partial charge in [-0.1, -0.05) is 58.7 Å². The molecule has 0 spiro atoms. The monoisotopic (exact) mass is 389 g/mol. The second kappa shape index (κ2) is 8.41. The Kier molecular flexibility index (Phi) is 5.96. The molecule has 0 radical (unpaired) electrons. The Hall–Kier alpha value is -2.90. The highest BCUT2D eigenvalue weighted by molar-refractivity contribution is 7.71. The fourth-order valence-corrected chi connectivity index (χ4v) is 4.79. The van der Waals surface area contributed by atoms with E-state index in [1.165, 1.54) is 0 Å². The van der Waals surface area contributed by atoms with Gasteiger partial charge in [0.15, 0.2) is 5.78 Å². The van der Waals surface area contributed by atoms with E-state index >= 15 is 0 Å². The Morgan fingerprint density at radius 2 is 1.39 bits per heavy atom. The molecule has 3 nitrogen and oxygen atoms in total. The van der Waals surface area contributed by atoms with Crippen molar-refractivity contribution in [2.24, 2.45) is 0 Å². The van der Waals surface area contributed by atoms with Gasteiger partial charge in [-0.15, -0.1) is 0 Å². The molecule has 3 aromatic carbocycles. The van der Waals surface area contributed by atoms with Crippen LogP contribution in [0, 0.1) is 20.8 Å². The molecule has 0 saturated carbocycles. The summed E-state index contributed by atoms with van der Waals surface area (Å²) in [6.07, 6.45) is 0.115. The van der Waals surface area contributed by atoms with Crippen molar-refractivity contribution in [2.75, 3.05) is 0 Å². The topological polar surface area (TPSA) is 51.2 Å². The Morgan fingerprint density at radius 3 is 2.04 bits per heavy atom. The number of benzene rings is 3. The van der Waals surface area contributed by atoms with Gasteiger partial charge in [-0.3, -0.25) is 4.79 Å². The van der Waals surface area contributed by atoms with Crippen LogP contribution in [0.2, 0.25) is 0 Å². The molecule has 0 aliphatic carbocycles. The lowest BCUT2D eigenvalue weighted by Crippen LogP contribution is -2.15. The molecular weight excluding hydrogens is 367 g/mol. The number of hydrogen-bond acceptors (Lipinski definition) is 3. The summed E-state index contributed by atoms with van der Waals surface area (Å²) < 4.78 is 12.9. The van der Waals surface area contributed by atoms with Crippen molar-refractivity contribution >= 4 is 24.4 Å². The highest BCUT2D eigenvalue weighted by Crippen LogP contribution is 2.28. The number of ketones is 1. The van der Waals surface area contributed by atoms with Crippen LogP contribution in [-0.4, -0.2) is 11.3 Å². The molecule has 28 heavy (non-hydrogen) atoms. The second-order valence-corrected chi connectivity index (χ2v) is 8.44. The third-order valence-corrected chi connectivity index (χ3v) is 6.22. The summed E-state index contributed by atoms with van der Waals surface area (Å²) in [6.45, 7) is 5.86. The lowest BCUT2D eigenvalue weighted by molar-refractivity contribution is 0.0991. The van der Waals surface area contributed by atoms with Crippen molar-refractivity contribution in [3.63, 3.8) is 0 Å². The van der Waals surface area contributed by atoms with Gasteiger partial charge in [0.05, 0.1) is 5.56 Å². The van der Waals surface area contributed by atoms with Crippen molar-refractivity contribution in [1.29, 1.82) is 0 Å². The summed E-state index contributed by atoms with van der Waals surface area (Å²) in [5, 5.41) is 0.433. The van der Waals surface area contributed by atoms with Gasteiger partial charge < -0.3 is 0 Å². The Balaban J connectivity index is 1.92. The van der Waals surface area contributed by atoms with Crippen LogP contribution < -0.4 is 5.30 Å². The van der Waals surface area contributed by atoms with Gasteiger partial charge >= 0.3 is 13.3 Å². The minimum absolute atomic E-state index is 0.0296. The molecule has 0 aliphatic heterocycles. The van der Waals surface area contributed by atoms with E-state index in [9.17, 15) is 14.2 Å². The van der Waals surface area contributed by atoms with Crippen molar-refractivity contribution in [3.8, 4) is 0 Å². The molecule has 0 bridgehead atoms. The first kappa shape index (κ1) is 19.9. The number of carbonyl (C=O) groups excluding carboxylic acids is 2. The molecular formula is C24H22O3P+. The van der Waals surface area contributed by atoms with Gasteiger partial charge in [-0.25, -0.2) is 4.79 Å². The summed E-state index contributed by atoms with van der Waals surface area (Å²) in [6, 6.07) is 19.6. The fraction of sp³-hybridized carbons (Fsp3) is 0.167. The number of aryl methyl sites for hydroxylation is 3. The number of carbonyl (C=O) groups is 2. The van der Waals surface area contributed by atoms with Crippen molar-refractivity contribution < 1.29 is 14.2 Å². The number of rotatable bonds is 6. The first-order chi connectivity index (χ1) is 13.4. The van der Waals surface area contributed by atoms with Crippen molar-refractivity contribution in [2.45, 2.75) is 27.2 Å². The molecule has 0 saturated heterocycles. The molecule has 3 rings (SSSR count). The summed E-state index contributed by atoms with van der Waals surface area (Å²) in [7, 11) is -2.30. The van der Waals surface area contributed by atoms with Gasteiger partial charge in [0.2, 0.25) is 5.30 Å². The average molecular weight is 389 g/mol. The maximum atomic E-state index is 13.0. The molecule has 4 heteroatoms. The zero-order chi connectivity index (χ0) is 20.3. The Labute approximate surface area is 166 Å². The van der Waals surface area contributed by atoms with Gasteiger partial charge in [-0.2, -0.15) is 0 Å². The highest BCUT2D eigenvalue weighted by atomic mass is 31.1. The lowest BCUT2D eigenvalue weighted by Gasteiger charge is -2.10. The quantitative estimate of drug-likeness (QED) is 0.423. The third-order valence-electron chi connectivity index (χ3n) is 4.72. The van der Waals surface area contributed by atoms with Crippen molar-refractivity contribution in [1.82, 2.24) is 0 Å². The summed E-state index contributed by atoms with van der Waals surface area (Å²) in [5.41, 5.74) is 4.31. The van der Waals surface area contributed by atoms with E-state index in [0.29, 0.717) is 22.0 Å². The maximum Gasteiger partial charge on any atom is 0.458 e. The van der Waals surface area contributed by atoms with Gasteiger partial charge in [-0.05, 0) is 50.1 Å². The van der Waals surface area contributed by atoms with E-state index in [0.717, 1.165) is 16.7 Å². The van der Waals surface area contributed by atoms with Gasteiger partial charge in [0, 0.05) is 17.5 Å². The Bertz CT molecular complexity index is 1050. The maximum absolute atomic E-state index is 13.0. The largest absolute Gasteiger partial charge is 0.458 e. The van der Waals surface area contributed by atoms with E-state index < -0.39 is 13.3 Å². The molecule has 0 aliphatic rings. The summed E-state index contributed by atoms with van der Waals surface area (Å²) in [4.78, 5) is 25.6. The van der Waals surface area contributed by atoms with E-state index in [2.05, 4.69) is 0 Å². The minimum atomic E-state index is -2.30. The van der Waals surface area contributed by atoms with Crippen LogP contribution in [0.25, 0.3) is 0 Å². The molecule has 3 aromatic rings. The van der Waals surface area contributed by atoms with E-state index in [1.807, 2.05) is 39.0 Å². The van der Waals surface area contributed by atoms with Crippen molar-refractivity contribution in [3.05, 3.63) is 100 Å². The van der Waals surface area contributed by atoms with Crippen LogP contribution in [0.15, 0.2) is 66.7 Å². The van der Waals surface area contributed by atoms with Crippen LogP contribution in [0.5, 0.6) is 0 Å². The second-order valence-electron chi connectivity index (χ2n) is 6.97. The molecule has 0 N–H and O–H groups in total. The number of Topliss-reactive ketones (excluding diaryl/α,β-unsaturated/α-hetero) is 1. The normalized spacial score (nSPS) is 11.2. The number of hydrogen-bond donors (Lipinski definition) is 0. The smallest absolute Gasteiger partial charge is 0.294 e. The fourth-order valence-electron chi connectivity index (χ4n) is 3.55. The third kappa shape index (κ3) is 4.16. The zero-order valence-electron chi connectivity index (χ0n) is 16.2. The lowest BCUT2D eigenvalue weighted by atomic mass is 9.93. The van der Waals surface area contributed by atoms with Gasteiger partial charge in [0.25, 0.3) is 0 Å². The van der Waals surface area contributed by atoms with Crippen LogP contribution in [0.4, 0.5) is 0 Å². The van der Waals surface area contributed by atoms with Crippen LogP contribution in [0.1, 0.15) is 43.0 Å². The molecule has 1 atom stereocenters. The minimum Gasteiger partial charge on any atom is -0.294 e. The van der Waals surface area contributed by atoms with E-state index in [4.69, 9.17) is 0 Å². The zero-order valence-corrected chi connectivity index (χ0v) is 17.1. The van der Waals surface area contributed by atoms with Gasteiger partial charge in [0.1, 0.15) is 0 Å². The molecule has 140 valence electrons.